The van der Waals surface area contributed by atoms with E-state index in [-0.39, 0.29) is 40.8 Å². The van der Waals surface area contributed by atoms with Crippen LogP contribution in [-0.2, 0) is 12.8 Å². The van der Waals surface area contributed by atoms with Crippen LogP contribution in [0.1, 0.15) is 39.5 Å². The first-order valence-electron chi connectivity index (χ1n) is 11.7. The van der Waals surface area contributed by atoms with E-state index in [1.54, 1.807) is 12.1 Å². The maximum absolute atomic E-state index is 12.8. The molecule has 0 heterocycles. The van der Waals surface area contributed by atoms with Gasteiger partial charge < -0.3 is 21.3 Å². The van der Waals surface area contributed by atoms with Gasteiger partial charge in [0.25, 0.3) is 5.91 Å². The average Bonchev–Trinajstić information content (AvgIpc) is 3.27. The lowest BCUT2D eigenvalue weighted by Crippen LogP contribution is -2.41. The second-order valence-electron chi connectivity index (χ2n) is 8.39. The van der Waals surface area contributed by atoms with Gasteiger partial charge in [-0.15, -0.1) is 0 Å². The third-order valence-corrected chi connectivity index (χ3v) is 6.73. The number of hydrogen-bond acceptors (Lipinski definition) is 3. The van der Waals surface area contributed by atoms with Crippen LogP contribution < -0.4 is 21.3 Å². The summed E-state index contributed by atoms with van der Waals surface area (Å²) in [7, 11) is 0. The lowest BCUT2D eigenvalue weighted by molar-refractivity contribution is 0.0954. The molecule has 1 aliphatic rings. The van der Waals surface area contributed by atoms with Crippen molar-refractivity contribution < 1.29 is 9.59 Å². The van der Waals surface area contributed by atoms with E-state index in [1.165, 1.54) is 11.1 Å². The highest BCUT2D eigenvalue weighted by Crippen LogP contribution is 2.32. The largest absolute Gasteiger partial charge is 0.383 e. The Labute approximate surface area is 215 Å². The van der Waals surface area contributed by atoms with Gasteiger partial charge in [0.2, 0.25) is 0 Å². The molecule has 35 heavy (non-hydrogen) atoms. The number of carbonyl (C=O) groups is 2. The molecule has 0 bridgehead atoms. The first-order valence-corrected chi connectivity index (χ1v) is 12.4. The number of urea groups is 1. The van der Waals surface area contributed by atoms with Crippen LogP contribution >= 0.6 is 23.2 Å². The van der Waals surface area contributed by atoms with E-state index in [0.717, 1.165) is 24.8 Å². The van der Waals surface area contributed by atoms with E-state index in [4.69, 9.17) is 23.2 Å². The van der Waals surface area contributed by atoms with Crippen LogP contribution in [-0.4, -0.2) is 31.6 Å². The van der Waals surface area contributed by atoms with E-state index >= 15 is 0 Å². The number of anilines is 1. The minimum Gasteiger partial charge on any atom is -0.383 e. The number of halogens is 2. The molecule has 0 saturated carbocycles. The van der Waals surface area contributed by atoms with Crippen molar-refractivity contribution in [2.24, 2.45) is 0 Å². The second kappa shape index (κ2) is 12.0. The minimum absolute atomic E-state index is 0.00975. The number of hydrogen-bond donors (Lipinski definition) is 4. The molecule has 0 aliphatic heterocycles. The Bertz CT molecular complexity index is 1190. The summed E-state index contributed by atoms with van der Waals surface area (Å²) in [5, 5.41) is 12.4. The number of carbonyl (C=O) groups excluding carboxylic acids is 2. The maximum atomic E-state index is 12.8. The number of benzene rings is 3. The average molecular weight is 511 g/mol. The zero-order valence-corrected chi connectivity index (χ0v) is 20.8. The molecule has 4 rings (SSSR count). The van der Waals surface area contributed by atoms with Gasteiger partial charge in [0.15, 0.2) is 0 Å². The standard InChI is InChI=1S/C27H28Cl2N4O2/c28-21-11-13-23(30-15-14-18-6-2-1-3-7-18)25(29)24(21)26(34)31-16-17-32-27(35)33-22-12-10-19-8-4-5-9-20(19)22/h1-9,11,13,22,30H,10,12,14-17H2,(H,31,34)(H2,32,33,35)/t22-/m1/s1. The topological polar surface area (TPSA) is 82.3 Å². The highest BCUT2D eigenvalue weighted by Gasteiger charge is 2.23. The lowest BCUT2D eigenvalue weighted by atomic mass is 10.1. The third-order valence-electron chi connectivity index (χ3n) is 6.02. The number of fused-ring (bicyclic) bond motifs is 1. The monoisotopic (exact) mass is 510 g/mol. The van der Waals surface area contributed by atoms with Gasteiger partial charge in [-0.3, -0.25) is 4.79 Å². The molecular formula is C27H28Cl2N4O2. The van der Waals surface area contributed by atoms with Gasteiger partial charge in [-0.05, 0) is 48.1 Å². The van der Waals surface area contributed by atoms with Crippen molar-refractivity contribution in [3.8, 4) is 0 Å². The van der Waals surface area contributed by atoms with Gasteiger partial charge in [-0.2, -0.15) is 0 Å². The quantitative estimate of drug-likeness (QED) is 0.292. The number of aryl methyl sites for hydroxylation is 1. The molecule has 3 aromatic rings. The third kappa shape index (κ3) is 6.47. The van der Waals surface area contributed by atoms with Gasteiger partial charge in [-0.1, -0.05) is 77.8 Å². The summed E-state index contributed by atoms with van der Waals surface area (Å²) in [6.07, 6.45) is 2.66. The Morgan fingerprint density at radius 3 is 2.43 bits per heavy atom. The lowest BCUT2D eigenvalue weighted by Gasteiger charge is -2.16. The molecule has 0 saturated heterocycles. The fraction of sp³-hybridized carbons (Fsp3) is 0.259. The van der Waals surface area contributed by atoms with Gasteiger partial charge >= 0.3 is 6.03 Å². The number of rotatable bonds is 9. The van der Waals surface area contributed by atoms with E-state index in [9.17, 15) is 9.59 Å². The summed E-state index contributed by atoms with van der Waals surface area (Å²) < 4.78 is 0. The molecule has 0 unspecified atom stereocenters. The smallest absolute Gasteiger partial charge is 0.315 e. The number of nitrogens with one attached hydrogen (secondary N) is 4. The summed E-state index contributed by atoms with van der Waals surface area (Å²) >= 11 is 12.8. The Hall–Kier alpha value is -3.22. The first-order chi connectivity index (χ1) is 17.0. The van der Waals surface area contributed by atoms with E-state index < -0.39 is 5.91 Å². The predicted octanol–water partition coefficient (Wildman–Crippen LogP) is 5.36. The summed E-state index contributed by atoms with van der Waals surface area (Å²) in [6, 6.07) is 21.4. The van der Waals surface area contributed by atoms with Crippen LogP contribution in [0.3, 0.4) is 0 Å². The highest BCUT2D eigenvalue weighted by atomic mass is 35.5. The van der Waals surface area contributed by atoms with Crippen molar-refractivity contribution in [1.29, 1.82) is 0 Å². The molecule has 0 aromatic heterocycles. The molecule has 182 valence electrons. The van der Waals surface area contributed by atoms with Gasteiger partial charge in [0.1, 0.15) is 0 Å². The van der Waals surface area contributed by atoms with Crippen molar-refractivity contribution in [3.63, 3.8) is 0 Å². The van der Waals surface area contributed by atoms with Gasteiger partial charge in [-0.25, -0.2) is 4.79 Å². The van der Waals surface area contributed by atoms with Crippen molar-refractivity contribution in [2.75, 3.05) is 25.0 Å². The molecule has 3 aromatic carbocycles. The van der Waals surface area contributed by atoms with Crippen molar-refractivity contribution >= 4 is 40.8 Å². The zero-order valence-electron chi connectivity index (χ0n) is 19.2. The van der Waals surface area contributed by atoms with Crippen LogP contribution in [0.15, 0.2) is 66.7 Å². The summed E-state index contributed by atoms with van der Waals surface area (Å²) in [5.74, 6) is -0.390. The molecule has 6 nitrogen and oxygen atoms in total. The summed E-state index contributed by atoms with van der Waals surface area (Å²) in [6.45, 7) is 1.18. The normalized spacial score (nSPS) is 14.2. The first kappa shape index (κ1) is 24.9. The summed E-state index contributed by atoms with van der Waals surface area (Å²) in [4.78, 5) is 25.1. The van der Waals surface area contributed by atoms with Crippen molar-refractivity contribution in [3.05, 3.63) is 99.0 Å². The minimum atomic E-state index is -0.390. The van der Waals surface area contributed by atoms with Crippen LogP contribution in [0.25, 0.3) is 0 Å². The second-order valence-corrected chi connectivity index (χ2v) is 9.18. The summed E-state index contributed by atoms with van der Waals surface area (Å²) in [5.41, 5.74) is 4.50. The molecule has 3 amide bonds. The van der Waals surface area contributed by atoms with E-state index in [1.807, 2.05) is 36.4 Å². The fourth-order valence-electron chi connectivity index (χ4n) is 4.24. The molecular weight excluding hydrogens is 483 g/mol. The van der Waals surface area contributed by atoms with Crippen LogP contribution in [0.4, 0.5) is 10.5 Å². The molecule has 4 N–H and O–H groups in total. The molecule has 8 heteroatoms. The van der Waals surface area contributed by atoms with Gasteiger partial charge in [0, 0.05) is 19.6 Å². The Kier molecular flexibility index (Phi) is 8.50. The molecule has 0 radical (unpaired) electrons. The fourth-order valence-corrected chi connectivity index (χ4v) is 4.85. The van der Waals surface area contributed by atoms with Crippen LogP contribution in [0.2, 0.25) is 10.0 Å². The molecule has 0 fully saturated rings. The molecule has 1 atom stereocenters. The van der Waals surface area contributed by atoms with E-state index in [2.05, 4.69) is 39.5 Å². The van der Waals surface area contributed by atoms with E-state index in [0.29, 0.717) is 12.2 Å². The van der Waals surface area contributed by atoms with Crippen LogP contribution in [0.5, 0.6) is 0 Å². The highest BCUT2D eigenvalue weighted by molar-refractivity contribution is 6.41. The maximum Gasteiger partial charge on any atom is 0.315 e. The van der Waals surface area contributed by atoms with Gasteiger partial charge in [0.05, 0.1) is 27.3 Å². The number of amides is 3. The van der Waals surface area contributed by atoms with Crippen molar-refractivity contribution in [1.82, 2.24) is 16.0 Å². The Balaban J connectivity index is 1.24. The zero-order chi connectivity index (χ0) is 24.6. The SMILES string of the molecule is O=C(NCCNC(=O)c1c(Cl)ccc(NCCc2ccccc2)c1Cl)N[C@@H]1CCc2ccccc21. The van der Waals surface area contributed by atoms with Crippen LogP contribution in [0, 0.1) is 0 Å². The Morgan fingerprint density at radius 2 is 1.60 bits per heavy atom. The van der Waals surface area contributed by atoms with Crippen molar-refractivity contribution in [2.45, 2.75) is 25.3 Å². The molecule has 0 spiro atoms. The predicted molar refractivity (Wildman–Crippen MR) is 141 cm³/mol. The molecule has 1 aliphatic carbocycles. The Morgan fingerprint density at radius 1 is 0.857 bits per heavy atom.